The molecule has 1 amide bonds. The van der Waals surface area contributed by atoms with E-state index in [0.717, 1.165) is 32.4 Å². The van der Waals surface area contributed by atoms with Crippen molar-refractivity contribution in [3.05, 3.63) is 0 Å². The van der Waals surface area contributed by atoms with E-state index in [1.807, 2.05) is 0 Å². The molecule has 1 unspecified atom stereocenters. The van der Waals surface area contributed by atoms with Gasteiger partial charge in [0.15, 0.2) is 0 Å². The quantitative estimate of drug-likeness (QED) is 0.352. The van der Waals surface area contributed by atoms with Gasteiger partial charge >= 0.3 is 5.97 Å². The maximum absolute atomic E-state index is 11.7. The molecular weight excluding hydrogens is 262 g/mol. The molecule has 0 aliphatic carbocycles. The van der Waals surface area contributed by atoms with E-state index < -0.39 is 12.0 Å². The number of hydrazine groups is 1. The number of amides is 1. The summed E-state index contributed by atoms with van der Waals surface area (Å²) in [6.07, 6.45) is 3.06. The van der Waals surface area contributed by atoms with Crippen LogP contribution >= 0.6 is 0 Å². The number of rotatable bonds is 12. The van der Waals surface area contributed by atoms with E-state index in [-0.39, 0.29) is 5.91 Å². The van der Waals surface area contributed by atoms with Crippen molar-refractivity contribution in [3.63, 3.8) is 0 Å². The van der Waals surface area contributed by atoms with Crippen molar-refractivity contribution in [2.45, 2.75) is 38.6 Å². The zero-order valence-corrected chi connectivity index (χ0v) is 12.6. The lowest BCUT2D eigenvalue weighted by Gasteiger charge is -2.21. The normalized spacial score (nSPS) is 12.2. The number of likely N-dealkylation sites (N-methyl/N-ethyl adjacent to an activating group) is 1. The summed E-state index contributed by atoms with van der Waals surface area (Å²) in [5, 5.41) is 8.81. The smallest absolute Gasteiger partial charge is 0.326 e. The average Bonchev–Trinajstić information content (AvgIpc) is 2.43. The van der Waals surface area contributed by atoms with E-state index in [9.17, 15) is 9.59 Å². The molecule has 0 aliphatic rings. The minimum Gasteiger partial charge on any atom is -0.480 e. The molecule has 20 heavy (non-hydrogen) atoms. The summed E-state index contributed by atoms with van der Waals surface area (Å²) < 4.78 is 4.89. The van der Waals surface area contributed by atoms with E-state index >= 15 is 0 Å². The first-order valence-corrected chi connectivity index (χ1v) is 6.93. The molecule has 3 N–H and O–H groups in total. The van der Waals surface area contributed by atoms with Crippen LogP contribution in [-0.4, -0.2) is 61.8 Å². The number of unbranched alkanes of at least 4 members (excludes halogenated alkanes) is 2. The van der Waals surface area contributed by atoms with Crippen molar-refractivity contribution in [2.24, 2.45) is 0 Å². The van der Waals surface area contributed by atoms with Gasteiger partial charge in [0.2, 0.25) is 5.91 Å². The molecule has 7 nitrogen and oxygen atoms in total. The first kappa shape index (κ1) is 18.8. The van der Waals surface area contributed by atoms with Crippen LogP contribution in [0.3, 0.4) is 0 Å². The summed E-state index contributed by atoms with van der Waals surface area (Å²) in [4.78, 5) is 23.8. The molecule has 0 bridgehead atoms. The summed E-state index contributed by atoms with van der Waals surface area (Å²) in [5.41, 5.74) is 6.08. The molecule has 0 aromatic heterocycles. The molecule has 0 fully saturated rings. The number of hydrogen-bond donors (Lipinski definition) is 3. The number of methoxy groups -OCH3 is 1. The molecule has 118 valence electrons. The molecule has 0 spiro atoms. The highest BCUT2D eigenvalue weighted by Crippen LogP contribution is 2.05. The molecule has 0 saturated heterocycles. The third-order valence-corrected chi connectivity index (χ3v) is 3.08. The lowest BCUT2D eigenvalue weighted by atomic mass is 10.1. The Balaban J connectivity index is 3.50. The number of nitrogens with one attached hydrogen (secondary N) is 2. The third kappa shape index (κ3) is 8.84. The molecular formula is C13H27N3O4. The van der Waals surface area contributed by atoms with Crippen LogP contribution in [0.1, 0.15) is 32.6 Å². The van der Waals surface area contributed by atoms with Gasteiger partial charge in [0.25, 0.3) is 0 Å². The second-order valence-electron chi connectivity index (χ2n) is 4.68. The van der Waals surface area contributed by atoms with Crippen LogP contribution < -0.4 is 10.9 Å². The maximum Gasteiger partial charge on any atom is 0.326 e. The fourth-order valence-electron chi connectivity index (χ4n) is 1.55. The maximum atomic E-state index is 11.7. The van der Waals surface area contributed by atoms with Gasteiger partial charge in [-0.3, -0.25) is 15.6 Å². The minimum atomic E-state index is -0.979. The highest BCUT2D eigenvalue weighted by atomic mass is 16.5. The first-order valence-electron chi connectivity index (χ1n) is 6.93. The van der Waals surface area contributed by atoms with Gasteiger partial charge in [0.05, 0.1) is 6.61 Å². The lowest BCUT2D eigenvalue weighted by molar-refractivity contribution is -0.148. The Labute approximate surface area is 120 Å². The van der Waals surface area contributed by atoms with Crippen LogP contribution in [0.25, 0.3) is 0 Å². The molecule has 0 aromatic carbocycles. The second-order valence-corrected chi connectivity index (χ2v) is 4.68. The van der Waals surface area contributed by atoms with Gasteiger partial charge in [-0.05, 0) is 19.8 Å². The van der Waals surface area contributed by atoms with Crippen LogP contribution in [0.5, 0.6) is 0 Å². The Hall–Kier alpha value is -1.18. The van der Waals surface area contributed by atoms with Crippen molar-refractivity contribution in [1.82, 2.24) is 15.8 Å². The predicted molar refractivity (Wildman–Crippen MR) is 76.2 cm³/mol. The molecule has 0 saturated carbocycles. The number of ether oxygens (including phenoxy) is 1. The molecule has 1 atom stereocenters. The molecule has 0 heterocycles. The number of aliphatic carboxylic acids is 1. The van der Waals surface area contributed by atoms with Crippen LogP contribution in [0.15, 0.2) is 0 Å². The van der Waals surface area contributed by atoms with Crippen molar-refractivity contribution >= 4 is 11.9 Å². The Morgan fingerprint density at radius 2 is 1.85 bits per heavy atom. The van der Waals surface area contributed by atoms with Crippen molar-refractivity contribution < 1.29 is 19.4 Å². The summed E-state index contributed by atoms with van der Waals surface area (Å²) in [6.45, 7) is 3.76. The summed E-state index contributed by atoms with van der Waals surface area (Å²) in [6, 6.07) is -0.769. The summed E-state index contributed by atoms with van der Waals surface area (Å²) in [5.74, 6) is -1.10. The Bertz CT molecular complexity index is 287. The van der Waals surface area contributed by atoms with Crippen LogP contribution in [-0.2, 0) is 14.3 Å². The molecule has 0 aromatic rings. The van der Waals surface area contributed by atoms with E-state index in [1.54, 1.807) is 7.11 Å². The Morgan fingerprint density at radius 1 is 1.20 bits per heavy atom. The largest absolute Gasteiger partial charge is 0.480 e. The SMILES string of the molecule is COCCNNCCCCCC(=O)N(C)C(C)C(=O)O. The Morgan fingerprint density at radius 3 is 2.45 bits per heavy atom. The second kappa shape index (κ2) is 11.6. The van der Waals surface area contributed by atoms with Gasteiger partial charge in [-0.25, -0.2) is 4.79 Å². The number of carbonyl (C=O) groups excluding carboxylic acids is 1. The monoisotopic (exact) mass is 289 g/mol. The van der Waals surface area contributed by atoms with Gasteiger partial charge in [-0.15, -0.1) is 0 Å². The van der Waals surface area contributed by atoms with Crippen LogP contribution in [0, 0.1) is 0 Å². The van der Waals surface area contributed by atoms with E-state index in [2.05, 4.69) is 10.9 Å². The van der Waals surface area contributed by atoms with Gasteiger partial charge in [0, 0.05) is 33.7 Å². The lowest BCUT2D eigenvalue weighted by Crippen LogP contribution is -2.40. The summed E-state index contributed by atoms with van der Waals surface area (Å²) >= 11 is 0. The van der Waals surface area contributed by atoms with E-state index in [1.165, 1.54) is 18.9 Å². The minimum absolute atomic E-state index is 0.119. The van der Waals surface area contributed by atoms with Gasteiger partial charge in [-0.2, -0.15) is 0 Å². The molecule has 0 rings (SSSR count). The van der Waals surface area contributed by atoms with Crippen LogP contribution in [0.4, 0.5) is 0 Å². The number of carbonyl (C=O) groups is 2. The van der Waals surface area contributed by atoms with Crippen LogP contribution in [0.2, 0.25) is 0 Å². The molecule has 0 aliphatic heterocycles. The highest BCUT2D eigenvalue weighted by Gasteiger charge is 2.20. The van der Waals surface area contributed by atoms with Crippen molar-refractivity contribution in [2.75, 3.05) is 33.9 Å². The Kier molecular flexibility index (Phi) is 10.9. The van der Waals surface area contributed by atoms with E-state index in [0.29, 0.717) is 13.0 Å². The topological polar surface area (TPSA) is 90.9 Å². The van der Waals surface area contributed by atoms with Crippen molar-refractivity contribution in [1.29, 1.82) is 0 Å². The number of carboxylic acid groups (broad SMARTS) is 1. The third-order valence-electron chi connectivity index (χ3n) is 3.08. The average molecular weight is 289 g/mol. The van der Waals surface area contributed by atoms with Gasteiger partial charge in [0.1, 0.15) is 6.04 Å². The number of carboxylic acids is 1. The molecule has 0 radical (unpaired) electrons. The first-order chi connectivity index (χ1) is 9.50. The van der Waals surface area contributed by atoms with E-state index in [4.69, 9.17) is 9.84 Å². The fraction of sp³-hybridized carbons (Fsp3) is 0.846. The predicted octanol–water partition coefficient (Wildman–Crippen LogP) is 0.219. The number of hydrogen-bond acceptors (Lipinski definition) is 5. The standard InChI is InChI=1S/C13H27N3O4/c1-11(13(18)19)16(2)12(17)7-5-4-6-8-14-15-9-10-20-3/h11,14-15H,4-10H2,1-3H3,(H,18,19). The zero-order chi connectivity index (χ0) is 15.4. The van der Waals surface area contributed by atoms with Gasteiger partial charge in [-0.1, -0.05) is 6.42 Å². The zero-order valence-electron chi connectivity index (χ0n) is 12.6. The highest BCUT2D eigenvalue weighted by molar-refractivity contribution is 5.83. The fourth-order valence-corrected chi connectivity index (χ4v) is 1.55. The summed E-state index contributed by atoms with van der Waals surface area (Å²) in [7, 11) is 3.18. The van der Waals surface area contributed by atoms with Crippen molar-refractivity contribution in [3.8, 4) is 0 Å². The van der Waals surface area contributed by atoms with Gasteiger partial charge < -0.3 is 14.7 Å². The molecule has 7 heteroatoms. The number of nitrogens with zero attached hydrogens (tertiary/aromatic N) is 1.